The molecule has 0 aliphatic carbocycles. The van der Waals surface area contributed by atoms with Crippen molar-refractivity contribution in [1.29, 1.82) is 0 Å². The number of thiophene rings is 2. The molecule has 10 nitrogen and oxygen atoms in total. The number of methoxy groups -OCH3 is 4. The van der Waals surface area contributed by atoms with Crippen molar-refractivity contribution in [1.82, 2.24) is 0 Å². The molecule has 0 bridgehead atoms. The molecule has 79 heavy (non-hydrogen) atoms. The molecule has 0 atom stereocenters. The lowest BCUT2D eigenvalue weighted by molar-refractivity contribution is 0.0592. The van der Waals surface area contributed by atoms with Crippen molar-refractivity contribution >= 4 is 104 Å². The van der Waals surface area contributed by atoms with Gasteiger partial charge in [-0.1, -0.05) is 109 Å². The molecule has 0 spiro atoms. The van der Waals surface area contributed by atoms with Crippen molar-refractivity contribution in [3.63, 3.8) is 0 Å². The maximum Gasteiger partial charge on any atom is 0.337 e. The summed E-state index contributed by atoms with van der Waals surface area (Å²) in [6.07, 6.45) is 0. The lowest BCUT2D eigenvalue weighted by Crippen LogP contribution is -2.00. The first-order valence-corrected chi connectivity index (χ1v) is 26.5. The van der Waals surface area contributed by atoms with E-state index in [0.717, 1.165) is 66.1 Å². The summed E-state index contributed by atoms with van der Waals surface area (Å²) in [5.74, 6) is -2.26. The van der Waals surface area contributed by atoms with Crippen LogP contribution in [0.2, 0.25) is 0 Å². The number of carbonyl (C=O) groups is 5. The van der Waals surface area contributed by atoms with E-state index in [4.69, 9.17) is 24.1 Å². The monoisotopic (exact) mass is 1080 g/mol. The minimum Gasteiger partial charge on any atom is -0.478 e. The Hall–Kier alpha value is -9.75. The van der Waals surface area contributed by atoms with Gasteiger partial charge in [0.2, 0.25) is 0 Å². The Morgan fingerprint density at radius 2 is 0.620 bits per heavy atom. The van der Waals surface area contributed by atoms with E-state index in [2.05, 4.69) is 72.8 Å². The summed E-state index contributed by atoms with van der Waals surface area (Å²) in [6.45, 7) is 0. The zero-order valence-corrected chi connectivity index (χ0v) is 44.8. The number of esters is 4. The molecule has 2 heterocycles. The molecule has 0 unspecified atom stereocenters. The van der Waals surface area contributed by atoms with Crippen molar-refractivity contribution in [3.05, 3.63) is 240 Å². The van der Waals surface area contributed by atoms with Gasteiger partial charge in [-0.2, -0.15) is 0 Å². The van der Waals surface area contributed by atoms with Crippen LogP contribution in [0, 0.1) is 0 Å². The van der Waals surface area contributed by atoms with Gasteiger partial charge in [-0.25, -0.2) is 24.0 Å². The first kappa shape index (κ1) is 52.7. The largest absolute Gasteiger partial charge is 0.478 e. The number of ether oxygens (including phenoxy) is 4. The van der Waals surface area contributed by atoms with Gasteiger partial charge in [0.1, 0.15) is 0 Å². The highest BCUT2D eigenvalue weighted by Gasteiger charge is 2.15. The number of hydrogen-bond acceptors (Lipinski definition) is 11. The van der Waals surface area contributed by atoms with Gasteiger partial charge in [-0.05, 0) is 158 Å². The van der Waals surface area contributed by atoms with Gasteiger partial charge < -0.3 is 24.1 Å². The Morgan fingerprint density at radius 1 is 0.304 bits per heavy atom. The topological polar surface area (TPSA) is 142 Å². The van der Waals surface area contributed by atoms with Crippen LogP contribution in [-0.2, 0) is 18.9 Å². The first-order chi connectivity index (χ1) is 38.4. The molecule has 0 saturated carbocycles. The molecule has 0 aliphatic rings. The second kappa shape index (κ2) is 23.2. The van der Waals surface area contributed by atoms with E-state index >= 15 is 0 Å². The standard InChI is InChI=1S/2C28H20O4S.C11H8O2/c1-31-27(29)19-7-3-17(4-8-19)21-11-13-25-23(15-21)24-16-22(12-14-26(24)33-25)18-5-9-20(10-6-18)28(30)32-2;1-31-27(29)21-7-3-5-17(13-21)19-9-11-25-23(15-19)24-16-20(10-12-26(24)33-25)18-6-4-8-22(14-18)28(30)32-2;12-11(13)10-7-3-5-8-4-1-2-6-9(8)10/h2*3-16H,1-2H3;1-7H,(H,12,13). The van der Waals surface area contributed by atoms with Gasteiger partial charge in [0, 0.05) is 40.3 Å². The van der Waals surface area contributed by atoms with Crippen molar-refractivity contribution in [2.75, 3.05) is 28.4 Å². The molecule has 10 aromatic carbocycles. The lowest BCUT2D eigenvalue weighted by atomic mass is 9.98. The molecule has 0 saturated heterocycles. The highest BCUT2D eigenvalue weighted by molar-refractivity contribution is 7.26. The number of fused-ring (bicyclic) bond motifs is 7. The molecular formula is C67H48O10S2. The van der Waals surface area contributed by atoms with Crippen LogP contribution in [0.4, 0.5) is 0 Å². The number of aromatic carboxylic acids is 1. The van der Waals surface area contributed by atoms with Crippen LogP contribution < -0.4 is 0 Å². The predicted octanol–water partition coefficient (Wildman–Crippen LogP) is 16.5. The Bertz CT molecular complexity index is 4070. The Balaban J connectivity index is 0.000000146. The first-order valence-electron chi connectivity index (χ1n) is 24.8. The van der Waals surface area contributed by atoms with Gasteiger partial charge in [0.05, 0.1) is 56.3 Å². The van der Waals surface area contributed by atoms with Gasteiger partial charge in [-0.3, -0.25) is 0 Å². The number of hydrogen-bond donors (Lipinski definition) is 1. The van der Waals surface area contributed by atoms with Gasteiger partial charge in [0.15, 0.2) is 0 Å². The van der Waals surface area contributed by atoms with E-state index in [0.29, 0.717) is 27.8 Å². The van der Waals surface area contributed by atoms with Gasteiger partial charge in [0.25, 0.3) is 0 Å². The SMILES string of the molecule is COC(=O)c1ccc(-c2ccc3sc4ccc(-c5ccc(C(=O)OC)cc5)cc4c3c2)cc1.COC(=O)c1cccc(-c2ccc3sc4ccc(-c5cccc(C(=O)OC)c5)cc4c3c2)c1.O=C(O)c1cccc2ccccc12. The molecular weight excluding hydrogens is 1030 g/mol. The fourth-order valence-corrected chi connectivity index (χ4v) is 11.5. The summed E-state index contributed by atoms with van der Waals surface area (Å²) in [6, 6.07) is 68.2. The molecule has 2 aromatic heterocycles. The number of carboxylic acids is 1. The maximum atomic E-state index is 12.0. The van der Waals surface area contributed by atoms with E-state index < -0.39 is 5.97 Å². The van der Waals surface area contributed by atoms with Crippen LogP contribution >= 0.6 is 22.7 Å². The summed E-state index contributed by atoms with van der Waals surface area (Å²) in [7, 11) is 5.54. The minimum atomic E-state index is -0.878. The van der Waals surface area contributed by atoms with E-state index in [1.54, 1.807) is 71.2 Å². The Labute approximate surface area is 462 Å². The zero-order chi connectivity index (χ0) is 55.2. The number of carboxylic acid groups (broad SMARTS) is 1. The second-order valence-electron chi connectivity index (χ2n) is 18.2. The fraction of sp³-hybridized carbons (Fsp3) is 0.0597. The molecule has 12 rings (SSSR count). The minimum absolute atomic E-state index is 0.340. The molecule has 0 fully saturated rings. The van der Waals surface area contributed by atoms with E-state index in [1.165, 1.54) is 58.0 Å². The summed E-state index contributed by atoms with van der Waals surface area (Å²) in [4.78, 5) is 58.2. The molecule has 0 amide bonds. The molecule has 12 aromatic rings. The third-order valence-electron chi connectivity index (χ3n) is 13.5. The van der Waals surface area contributed by atoms with Crippen LogP contribution in [0.1, 0.15) is 51.8 Å². The smallest absolute Gasteiger partial charge is 0.337 e. The highest BCUT2D eigenvalue weighted by atomic mass is 32.1. The van der Waals surface area contributed by atoms with E-state index in [-0.39, 0.29) is 23.9 Å². The number of carbonyl (C=O) groups excluding carboxylic acids is 4. The highest BCUT2D eigenvalue weighted by Crippen LogP contribution is 2.40. The Morgan fingerprint density at radius 3 is 1.00 bits per heavy atom. The fourth-order valence-electron chi connectivity index (χ4n) is 9.41. The average molecular weight is 1080 g/mol. The van der Waals surface area contributed by atoms with Crippen LogP contribution in [-0.4, -0.2) is 63.4 Å². The normalized spacial score (nSPS) is 10.8. The number of benzene rings is 10. The van der Waals surface area contributed by atoms with Crippen LogP contribution in [0.15, 0.2) is 212 Å². The van der Waals surface area contributed by atoms with Crippen molar-refractivity contribution in [3.8, 4) is 44.5 Å². The zero-order valence-electron chi connectivity index (χ0n) is 43.1. The Kier molecular flexibility index (Phi) is 15.5. The van der Waals surface area contributed by atoms with E-state index in [1.807, 2.05) is 91.0 Å². The summed E-state index contributed by atoms with van der Waals surface area (Å²) in [5.41, 5.74) is 10.7. The molecule has 388 valence electrons. The average Bonchev–Trinajstić information content (AvgIpc) is 4.18. The van der Waals surface area contributed by atoms with E-state index in [9.17, 15) is 24.0 Å². The molecule has 0 aliphatic heterocycles. The van der Waals surface area contributed by atoms with Crippen molar-refractivity contribution in [2.45, 2.75) is 0 Å². The third-order valence-corrected chi connectivity index (χ3v) is 15.8. The lowest BCUT2D eigenvalue weighted by Gasteiger charge is -2.06. The molecule has 0 radical (unpaired) electrons. The summed E-state index contributed by atoms with van der Waals surface area (Å²) < 4.78 is 24.1. The van der Waals surface area contributed by atoms with Crippen LogP contribution in [0.3, 0.4) is 0 Å². The molecule has 12 heteroatoms. The third kappa shape index (κ3) is 11.2. The summed E-state index contributed by atoms with van der Waals surface area (Å²) in [5, 5.41) is 15.3. The quantitative estimate of drug-likeness (QED) is 0.110. The second-order valence-corrected chi connectivity index (χ2v) is 20.3. The maximum absolute atomic E-state index is 12.0. The van der Waals surface area contributed by atoms with Gasteiger partial charge >= 0.3 is 29.8 Å². The van der Waals surface area contributed by atoms with Crippen molar-refractivity contribution < 1.29 is 48.0 Å². The van der Waals surface area contributed by atoms with Crippen LogP contribution in [0.5, 0.6) is 0 Å². The predicted molar refractivity (Wildman–Crippen MR) is 317 cm³/mol. The number of rotatable bonds is 9. The summed E-state index contributed by atoms with van der Waals surface area (Å²) >= 11 is 3.51. The molecule has 1 N–H and O–H groups in total. The van der Waals surface area contributed by atoms with Gasteiger partial charge in [-0.15, -0.1) is 22.7 Å². The van der Waals surface area contributed by atoms with Crippen molar-refractivity contribution in [2.24, 2.45) is 0 Å². The van der Waals surface area contributed by atoms with Crippen LogP contribution in [0.25, 0.3) is 95.6 Å².